The maximum Gasteiger partial charge on any atom is 0.240 e. The van der Waals surface area contributed by atoms with Crippen molar-refractivity contribution in [3.05, 3.63) is 0 Å². The van der Waals surface area contributed by atoms with Crippen LogP contribution in [-0.4, -0.2) is 44.1 Å². The smallest absolute Gasteiger partial charge is 0.240 e. The van der Waals surface area contributed by atoms with Crippen LogP contribution >= 0.6 is 0 Å². The van der Waals surface area contributed by atoms with Crippen LogP contribution in [0.3, 0.4) is 0 Å². The highest BCUT2D eigenvalue weighted by Gasteiger charge is 2.25. The van der Waals surface area contributed by atoms with E-state index in [1.165, 1.54) is 0 Å². The lowest BCUT2D eigenvalue weighted by Crippen LogP contribution is -2.46. The SMILES string of the molecule is CCS(=O)(=O)NC(C)C(=O)N1CCCC1. The molecule has 1 unspecified atom stereocenters. The van der Waals surface area contributed by atoms with E-state index in [4.69, 9.17) is 0 Å². The number of nitrogens with one attached hydrogen (secondary N) is 1. The molecule has 1 aliphatic heterocycles. The van der Waals surface area contributed by atoms with Crippen molar-refractivity contribution in [1.82, 2.24) is 9.62 Å². The summed E-state index contributed by atoms with van der Waals surface area (Å²) in [5.74, 6) is -0.116. The van der Waals surface area contributed by atoms with Gasteiger partial charge in [-0.1, -0.05) is 0 Å². The van der Waals surface area contributed by atoms with Crippen LogP contribution in [0, 0.1) is 0 Å². The average Bonchev–Trinajstić information content (AvgIpc) is 2.68. The number of rotatable bonds is 4. The molecule has 0 aromatic rings. The molecule has 0 bridgehead atoms. The first kappa shape index (κ1) is 12.4. The van der Waals surface area contributed by atoms with Gasteiger partial charge in [-0.25, -0.2) is 13.1 Å². The van der Waals surface area contributed by atoms with Crippen molar-refractivity contribution < 1.29 is 13.2 Å². The highest BCUT2D eigenvalue weighted by Crippen LogP contribution is 2.09. The zero-order chi connectivity index (χ0) is 11.5. The third-order valence-corrected chi connectivity index (χ3v) is 4.00. The minimum atomic E-state index is -3.29. The maximum atomic E-state index is 11.7. The van der Waals surface area contributed by atoms with Gasteiger partial charge in [0, 0.05) is 13.1 Å². The summed E-state index contributed by atoms with van der Waals surface area (Å²) in [7, 11) is -3.29. The molecule has 1 heterocycles. The normalized spacial score (nSPS) is 19.2. The second-order valence-corrected chi connectivity index (χ2v) is 5.82. The Balaban J connectivity index is 2.53. The van der Waals surface area contributed by atoms with E-state index in [9.17, 15) is 13.2 Å². The van der Waals surface area contributed by atoms with Crippen LogP contribution in [0.4, 0.5) is 0 Å². The van der Waals surface area contributed by atoms with E-state index in [2.05, 4.69) is 4.72 Å². The van der Waals surface area contributed by atoms with E-state index in [1.54, 1.807) is 18.7 Å². The Hall–Kier alpha value is -0.620. The summed E-state index contributed by atoms with van der Waals surface area (Å²) < 4.78 is 24.9. The Kier molecular flexibility index (Phi) is 4.10. The Morgan fingerprint density at radius 2 is 1.93 bits per heavy atom. The molecule has 5 nitrogen and oxygen atoms in total. The lowest BCUT2D eigenvalue weighted by Gasteiger charge is -2.20. The predicted molar refractivity (Wildman–Crippen MR) is 57.9 cm³/mol. The van der Waals surface area contributed by atoms with Gasteiger partial charge in [0.15, 0.2) is 0 Å². The van der Waals surface area contributed by atoms with Crippen LogP contribution in [0.25, 0.3) is 0 Å². The van der Waals surface area contributed by atoms with Gasteiger partial charge in [0.25, 0.3) is 0 Å². The van der Waals surface area contributed by atoms with Crippen LogP contribution in [0.1, 0.15) is 26.7 Å². The van der Waals surface area contributed by atoms with E-state index in [0.29, 0.717) is 0 Å². The number of hydrogen-bond donors (Lipinski definition) is 1. The number of likely N-dealkylation sites (tertiary alicyclic amines) is 1. The van der Waals surface area contributed by atoms with Gasteiger partial charge in [0.2, 0.25) is 15.9 Å². The topological polar surface area (TPSA) is 66.5 Å². The van der Waals surface area contributed by atoms with Gasteiger partial charge in [-0.05, 0) is 26.7 Å². The molecule has 1 saturated heterocycles. The maximum absolute atomic E-state index is 11.7. The molecule has 6 heteroatoms. The molecule has 1 N–H and O–H groups in total. The summed E-state index contributed by atoms with van der Waals surface area (Å²) in [6.45, 7) is 4.64. The van der Waals surface area contributed by atoms with E-state index < -0.39 is 16.1 Å². The van der Waals surface area contributed by atoms with Gasteiger partial charge in [0.1, 0.15) is 0 Å². The molecule has 1 atom stereocenters. The molecule has 1 amide bonds. The van der Waals surface area contributed by atoms with Crippen molar-refractivity contribution in [2.45, 2.75) is 32.7 Å². The van der Waals surface area contributed by atoms with Crippen LogP contribution in [0.15, 0.2) is 0 Å². The number of carbonyl (C=O) groups excluding carboxylic acids is 1. The fraction of sp³-hybridized carbons (Fsp3) is 0.889. The van der Waals surface area contributed by atoms with Gasteiger partial charge >= 0.3 is 0 Å². The lowest BCUT2D eigenvalue weighted by molar-refractivity contribution is -0.131. The van der Waals surface area contributed by atoms with E-state index in [-0.39, 0.29) is 11.7 Å². The van der Waals surface area contributed by atoms with Crippen LogP contribution in [0.5, 0.6) is 0 Å². The summed E-state index contributed by atoms with van der Waals surface area (Å²) in [4.78, 5) is 13.4. The zero-order valence-corrected chi connectivity index (χ0v) is 10.0. The van der Waals surface area contributed by atoms with Gasteiger partial charge in [-0.15, -0.1) is 0 Å². The summed E-state index contributed by atoms with van der Waals surface area (Å²) in [5, 5.41) is 0. The number of nitrogens with zero attached hydrogens (tertiary/aromatic N) is 1. The Bertz CT molecular complexity index is 320. The fourth-order valence-electron chi connectivity index (χ4n) is 1.61. The number of sulfonamides is 1. The first-order valence-corrected chi connectivity index (χ1v) is 6.90. The predicted octanol–water partition coefficient (Wildman–Crippen LogP) is -0.0634. The summed E-state index contributed by atoms with van der Waals surface area (Å²) in [6, 6.07) is -0.645. The van der Waals surface area contributed by atoms with Gasteiger partial charge in [-0.2, -0.15) is 0 Å². The Morgan fingerprint density at radius 1 is 1.40 bits per heavy atom. The van der Waals surface area contributed by atoms with Crippen molar-refractivity contribution in [3.8, 4) is 0 Å². The first-order valence-electron chi connectivity index (χ1n) is 5.25. The van der Waals surface area contributed by atoms with Crippen molar-refractivity contribution in [1.29, 1.82) is 0 Å². The van der Waals surface area contributed by atoms with Gasteiger partial charge < -0.3 is 4.90 Å². The largest absolute Gasteiger partial charge is 0.341 e. The molecule has 0 spiro atoms. The van der Waals surface area contributed by atoms with Crippen molar-refractivity contribution in [3.63, 3.8) is 0 Å². The quantitative estimate of drug-likeness (QED) is 0.741. The molecule has 0 radical (unpaired) electrons. The highest BCUT2D eigenvalue weighted by atomic mass is 32.2. The number of amides is 1. The third-order valence-electron chi connectivity index (χ3n) is 2.52. The van der Waals surface area contributed by atoms with Gasteiger partial charge in [-0.3, -0.25) is 4.79 Å². The first-order chi connectivity index (χ1) is 6.96. The molecule has 1 rings (SSSR count). The van der Waals surface area contributed by atoms with Crippen LogP contribution in [-0.2, 0) is 14.8 Å². The number of carbonyl (C=O) groups is 1. The summed E-state index contributed by atoms with van der Waals surface area (Å²) in [5.41, 5.74) is 0. The van der Waals surface area contributed by atoms with Crippen LogP contribution < -0.4 is 4.72 Å². The van der Waals surface area contributed by atoms with Crippen molar-refractivity contribution >= 4 is 15.9 Å². The monoisotopic (exact) mass is 234 g/mol. The summed E-state index contributed by atoms with van der Waals surface area (Å²) >= 11 is 0. The molecule has 15 heavy (non-hydrogen) atoms. The zero-order valence-electron chi connectivity index (χ0n) is 9.19. The molecule has 0 aromatic heterocycles. The minimum Gasteiger partial charge on any atom is -0.341 e. The minimum absolute atomic E-state index is 0.00458. The molecular weight excluding hydrogens is 216 g/mol. The molecular formula is C9H18N2O3S. The van der Waals surface area contributed by atoms with Crippen molar-refractivity contribution in [2.75, 3.05) is 18.8 Å². The summed E-state index contributed by atoms with van der Waals surface area (Å²) in [6.07, 6.45) is 2.03. The second-order valence-electron chi connectivity index (χ2n) is 3.78. The van der Waals surface area contributed by atoms with E-state index in [1.807, 2.05) is 0 Å². The van der Waals surface area contributed by atoms with E-state index in [0.717, 1.165) is 25.9 Å². The molecule has 0 saturated carbocycles. The van der Waals surface area contributed by atoms with Crippen LogP contribution in [0.2, 0.25) is 0 Å². The second kappa shape index (κ2) is 4.94. The molecule has 0 aromatic carbocycles. The highest BCUT2D eigenvalue weighted by molar-refractivity contribution is 7.89. The molecule has 0 aliphatic carbocycles. The Labute approximate surface area is 90.9 Å². The van der Waals surface area contributed by atoms with Crippen molar-refractivity contribution in [2.24, 2.45) is 0 Å². The average molecular weight is 234 g/mol. The lowest BCUT2D eigenvalue weighted by atomic mass is 10.3. The molecule has 88 valence electrons. The van der Waals surface area contributed by atoms with E-state index >= 15 is 0 Å². The van der Waals surface area contributed by atoms with Gasteiger partial charge in [0.05, 0.1) is 11.8 Å². The molecule has 1 fully saturated rings. The Morgan fingerprint density at radius 3 is 2.40 bits per heavy atom. The molecule has 1 aliphatic rings. The fourth-order valence-corrected chi connectivity index (χ4v) is 2.42. The third kappa shape index (κ3) is 3.46. The standard InChI is InChI=1S/C9H18N2O3S/c1-3-15(13,14)10-8(2)9(12)11-6-4-5-7-11/h8,10H,3-7H2,1-2H3. The number of hydrogen-bond acceptors (Lipinski definition) is 3.